The van der Waals surface area contributed by atoms with Crippen molar-refractivity contribution in [1.29, 1.82) is 0 Å². The van der Waals surface area contributed by atoms with Crippen LogP contribution < -0.4 is 4.72 Å². The molecular formula is C14H22BrNO2S. The molecule has 0 aromatic heterocycles. The highest BCUT2D eigenvalue weighted by atomic mass is 79.9. The highest BCUT2D eigenvalue weighted by Crippen LogP contribution is 2.28. The zero-order chi connectivity index (χ0) is 14.5. The van der Waals surface area contributed by atoms with Gasteiger partial charge in [0.25, 0.3) is 0 Å². The van der Waals surface area contributed by atoms with Crippen molar-refractivity contribution in [2.45, 2.75) is 38.5 Å². The van der Waals surface area contributed by atoms with Crippen LogP contribution in [-0.4, -0.2) is 20.3 Å². The second-order valence-electron chi connectivity index (χ2n) is 4.98. The fourth-order valence-corrected chi connectivity index (χ4v) is 4.10. The van der Waals surface area contributed by atoms with Crippen LogP contribution in [0.1, 0.15) is 32.3 Å². The van der Waals surface area contributed by atoms with Crippen molar-refractivity contribution in [1.82, 2.24) is 4.72 Å². The summed E-state index contributed by atoms with van der Waals surface area (Å²) in [6, 6.07) is 6.97. The van der Waals surface area contributed by atoms with Crippen LogP contribution in [0, 0.1) is 12.3 Å². The number of benzene rings is 1. The van der Waals surface area contributed by atoms with E-state index in [0.29, 0.717) is 11.4 Å². The summed E-state index contributed by atoms with van der Waals surface area (Å²) in [5, 5.41) is 0.795. The molecule has 0 saturated carbocycles. The first-order valence-electron chi connectivity index (χ1n) is 6.51. The third kappa shape index (κ3) is 4.29. The second kappa shape index (κ2) is 6.86. The minimum Gasteiger partial charge on any atom is -0.211 e. The Kier molecular flexibility index (Phi) is 6.02. The van der Waals surface area contributed by atoms with Crippen molar-refractivity contribution in [3.8, 4) is 0 Å². The maximum atomic E-state index is 12.3. The normalized spacial score (nSPS) is 12.6. The van der Waals surface area contributed by atoms with Gasteiger partial charge in [-0.1, -0.05) is 41.9 Å². The van der Waals surface area contributed by atoms with Crippen molar-refractivity contribution < 1.29 is 8.42 Å². The molecule has 0 aliphatic carbocycles. The Hall–Kier alpha value is -0.390. The molecule has 1 rings (SSSR count). The molecule has 0 aliphatic heterocycles. The lowest BCUT2D eigenvalue weighted by Gasteiger charge is -2.29. The van der Waals surface area contributed by atoms with Crippen molar-refractivity contribution in [2.75, 3.05) is 11.9 Å². The molecule has 0 unspecified atom stereocenters. The second-order valence-corrected chi connectivity index (χ2v) is 7.31. The van der Waals surface area contributed by atoms with Gasteiger partial charge in [-0.05, 0) is 42.9 Å². The Bertz CT molecular complexity index is 502. The first kappa shape index (κ1) is 16.7. The van der Waals surface area contributed by atoms with Gasteiger partial charge < -0.3 is 0 Å². The van der Waals surface area contributed by atoms with Gasteiger partial charge in [0.1, 0.15) is 0 Å². The number of hydrogen-bond donors (Lipinski definition) is 1. The van der Waals surface area contributed by atoms with E-state index in [0.717, 1.165) is 23.7 Å². The number of aryl methyl sites for hydroxylation is 1. The van der Waals surface area contributed by atoms with Gasteiger partial charge in [0.15, 0.2) is 0 Å². The maximum absolute atomic E-state index is 12.3. The fourth-order valence-electron chi connectivity index (χ4n) is 1.85. The first-order chi connectivity index (χ1) is 8.89. The van der Waals surface area contributed by atoms with E-state index in [1.165, 1.54) is 0 Å². The Balaban J connectivity index is 2.87. The molecule has 1 aromatic rings. The smallest absolute Gasteiger partial charge is 0.211 e. The number of sulfonamides is 1. The van der Waals surface area contributed by atoms with Gasteiger partial charge in [0.2, 0.25) is 10.0 Å². The summed E-state index contributed by atoms with van der Waals surface area (Å²) in [4.78, 5) is 0.336. The van der Waals surface area contributed by atoms with E-state index in [4.69, 9.17) is 0 Å². The zero-order valence-corrected chi connectivity index (χ0v) is 14.1. The molecule has 0 amide bonds. The van der Waals surface area contributed by atoms with E-state index >= 15 is 0 Å². The molecule has 0 fully saturated rings. The molecule has 3 nitrogen and oxygen atoms in total. The SMILES string of the molecule is CCC(CC)(CBr)CNS(=O)(=O)c1cccc(C)c1. The lowest BCUT2D eigenvalue weighted by molar-refractivity contribution is 0.309. The van der Waals surface area contributed by atoms with Crippen LogP contribution in [0.15, 0.2) is 29.2 Å². The van der Waals surface area contributed by atoms with Crippen LogP contribution in [0.3, 0.4) is 0 Å². The first-order valence-corrected chi connectivity index (χ1v) is 9.12. The molecular weight excluding hydrogens is 326 g/mol. The van der Waals surface area contributed by atoms with Crippen LogP contribution in [0.25, 0.3) is 0 Å². The largest absolute Gasteiger partial charge is 0.240 e. The summed E-state index contributed by atoms with van der Waals surface area (Å²) in [6.45, 7) is 6.53. The van der Waals surface area contributed by atoms with Gasteiger partial charge in [-0.25, -0.2) is 13.1 Å². The molecule has 1 aromatic carbocycles. The summed E-state index contributed by atoms with van der Waals surface area (Å²) in [5.74, 6) is 0. The number of rotatable bonds is 7. The Labute approximate surface area is 125 Å². The van der Waals surface area contributed by atoms with Crippen LogP contribution in [0.5, 0.6) is 0 Å². The Morgan fingerprint density at radius 3 is 2.37 bits per heavy atom. The molecule has 0 atom stereocenters. The minimum atomic E-state index is -3.42. The maximum Gasteiger partial charge on any atom is 0.240 e. The van der Waals surface area contributed by atoms with Gasteiger partial charge in [-0.2, -0.15) is 0 Å². The van der Waals surface area contributed by atoms with E-state index in [9.17, 15) is 8.42 Å². The molecule has 0 saturated heterocycles. The molecule has 0 bridgehead atoms. The Morgan fingerprint density at radius 2 is 1.89 bits per heavy atom. The molecule has 1 N–H and O–H groups in total. The van der Waals surface area contributed by atoms with Gasteiger partial charge >= 0.3 is 0 Å². The number of nitrogens with one attached hydrogen (secondary N) is 1. The standard InChI is InChI=1S/C14H22BrNO2S/c1-4-14(5-2,10-15)11-16-19(17,18)13-8-6-7-12(3)9-13/h6-9,16H,4-5,10-11H2,1-3H3. The van der Waals surface area contributed by atoms with Gasteiger partial charge in [-0.3, -0.25) is 0 Å². The van der Waals surface area contributed by atoms with E-state index < -0.39 is 10.0 Å². The van der Waals surface area contributed by atoms with Crippen molar-refractivity contribution in [2.24, 2.45) is 5.41 Å². The molecule has 0 aliphatic rings. The molecule has 0 heterocycles. The number of halogens is 1. The predicted octanol–water partition coefficient (Wildman–Crippen LogP) is 3.47. The van der Waals surface area contributed by atoms with Crippen LogP contribution in [0.2, 0.25) is 0 Å². The molecule has 5 heteroatoms. The van der Waals surface area contributed by atoms with Gasteiger partial charge in [0, 0.05) is 11.9 Å². The average molecular weight is 348 g/mol. The lowest BCUT2D eigenvalue weighted by Crippen LogP contribution is -2.38. The van der Waals surface area contributed by atoms with Crippen molar-refractivity contribution >= 4 is 26.0 Å². The molecule has 0 spiro atoms. The fraction of sp³-hybridized carbons (Fsp3) is 0.571. The predicted molar refractivity (Wildman–Crippen MR) is 83.2 cm³/mol. The van der Waals surface area contributed by atoms with E-state index in [1.807, 2.05) is 13.0 Å². The summed E-state index contributed by atoms with van der Waals surface area (Å²) in [7, 11) is -3.42. The van der Waals surface area contributed by atoms with E-state index in [-0.39, 0.29) is 5.41 Å². The van der Waals surface area contributed by atoms with Crippen molar-refractivity contribution in [3.05, 3.63) is 29.8 Å². The third-order valence-electron chi connectivity index (χ3n) is 3.72. The van der Waals surface area contributed by atoms with Crippen LogP contribution >= 0.6 is 15.9 Å². The topological polar surface area (TPSA) is 46.2 Å². The van der Waals surface area contributed by atoms with E-state index in [2.05, 4.69) is 34.5 Å². The van der Waals surface area contributed by atoms with Gasteiger partial charge in [0.05, 0.1) is 4.90 Å². The summed E-state index contributed by atoms with van der Waals surface area (Å²) in [6.07, 6.45) is 1.87. The highest BCUT2D eigenvalue weighted by Gasteiger charge is 2.27. The number of alkyl halides is 1. The monoisotopic (exact) mass is 347 g/mol. The highest BCUT2D eigenvalue weighted by molar-refractivity contribution is 9.09. The zero-order valence-electron chi connectivity index (χ0n) is 11.7. The molecule has 19 heavy (non-hydrogen) atoms. The summed E-state index contributed by atoms with van der Waals surface area (Å²) < 4.78 is 27.2. The third-order valence-corrected chi connectivity index (χ3v) is 6.31. The van der Waals surface area contributed by atoms with Crippen LogP contribution in [0.4, 0.5) is 0 Å². The average Bonchev–Trinajstić information content (AvgIpc) is 2.41. The lowest BCUT2D eigenvalue weighted by atomic mass is 9.85. The van der Waals surface area contributed by atoms with E-state index in [1.54, 1.807) is 18.2 Å². The number of hydrogen-bond acceptors (Lipinski definition) is 2. The van der Waals surface area contributed by atoms with Gasteiger partial charge in [-0.15, -0.1) is 0 Å². The summed E-state index contributed by atoms with van der Waals surface area (Å²) in [5.41, 5.74) is 0.928. The quantitative estimate of drug-likeness (QED) is 0.767. The molecule has 0 radical (unpaired) electrons. The minimum absolute atomic E-state index is 0.0170. The van der Waals surface area contributed by atoms with Crippen LogP contribution in [-0.2, 0) is 10.0 Å². The Morgan fingerprint density at radius 1 is 1.26 bits per heavy atom. The molecule has 108 valence electrons. The van der Waals surface area contributed by atoms with Crippen molar-refractivity contribution in [3.63, 3.8) is 0 Å². The summed E-state index contributed by atoms with van der Waals surface area (Å²) >= 11 is 3.49.